The molecule has 31 heavy (non-hydrogen) atoms. The Morgan fingerprint density at radius 1 is 1.19 bits per heavy atom. The third kappa shape index (κ3) is 4.42. The number of non-ortho nitro benzene ring substituents is 1. The van der Waals surface area contributed by atoms with Gasteiger partial charge in [-0.05, 0) is 30.5 Å². The number of carbonyl (C=O) groups excluding carboxylic acids is 1. The van der Waals surface area contributed by atoms with Crippen molar-refractivity contribution < 1.29 is 9.72 Å². The SMILES string of the molecule is CCn1c(SCC(=O)N2CCN(c3ccc([N+](=O)[O-])cc3)CC2)nc2ccsc2c1=O. The van der Waals surface area contributed by atoms with Gasteiger partial charge < -0.3 is 9.80 Å². The Labute approximate surface area is 186 Å². The van der Waals surface area contributed by atoms with Crippen molar-refractivity contribution in [3.8, 4) is 0 Å². The predicted molar refractivity (Wildman–Crippen MR) is 122 cm³/mol. The van der Waals surface area contributed by atoms with Gasteiger partial charge in [-0.3, -0.25) is 24.3 Å². The van der Waals surface area contributed by atoms with Crippen LogP contribution in [-0.4, -0.2) is 57.2 Å². The van der Waals surface area contributed by atoms with E-state index in [0.29, 0.717) is 48.1 Å². The van der Waals surface area contributed by atoms with E-state index in [1.807, 2.05) is 23.3 Å². The van der Waals surface area contributed by atoms with Crippen molar-refractivity contribution in [2.24, 2.45) is 0 Å². The molecule has 162 valence electrons. The van der Waals surface area contributed by atoms with Gasteiger partial charge in [-0.25, -0.2) is 4.98 Å². The molecule has 1 saturated heterocycles. The highest BCUT2D eigenvalue weighted by atomic mass is 32.2. The van der Waals surface area contributed by atoms with E-state index >= 15 is 0 Å². The van der Waals surface area contributed by atoms with Crippen molar-refractivity contribution >= 4 is 50.6 Å². The molecular formula is C20H21N5O4S2. The van der Waals surface area contributed by atoms with Crippen molar-refractivity contribution in [3.63, 3.8) is 0 Å². The maximum atomic E-state index is 12.7. The number of nitro benzene ring substituents is 1. The number of amides is 1. The van der Waals surface area contributed by atoms with Crippen molar-refractivity contribution in [1.82, 2.24) is 14.5 Å². The summed E-state index contributed by atoms with van der Waals surface area (Å²) in [5.41, 5.74) is 1.59. The number of thiophene rings is 1. The fourth-order valence-corrected chi connectivity index (χ4v) is 5.27. The summed E-state index contributed by atoms with van der Waals surface area (Å²) in [7, 11) is 0. The number of benzene rings is 1. The fraction of sp³-hybridized carbons (Fsp3) is 0.350. The van der Waals surface area contributed by atoms with Crippen molar-refractivity contribution in [3.05, 3.63) is 56.2 Å². The largest absolute Gasteiger partial charge is 0.368 e. The minimum absolute atomic E-state index is 0.00988. The number of piperazine rings is 1. The normalized spacial score (nSPS) is 14.2. The van der Waals surface area contributed by atoms with E-state index in [2.05, 4.69) is 9.88 Å². The highest BCUT2D eigenvalue weighted by Crippen LogP contribution is 2.23. The van der Waals surface area contributed by atoms with Gasteiger partial charge in [0, 0.05) is 50.5 Å². The zero-order valence-corrected chi connectivity index (χ0v) is 18.5. The molecule has 1 aromatic carbocycles. The van der Waals surface area contributed by atoms with Crippen LogP contribution in [0.15, 0.2) is 45.7 Å². The van der Waals surface area contributed by atoms with Crippen molar-refractivity contribution in [1.29, 1.82) is 0 Å². The molecule has 1 amide bonds. The van der Waals surface area contributed by atoms with Gasteiger partial charge >= 0.3 is 0 Å². The smallest absolute Gasteiger partial charge is 0.272 e. The molecule has 3 aromatic rings. The second kappa shape index (κ2) is 9.06. The average Bonchev–Trinajstić information content (AvgIpc) is 3.27. The van der Waals surface area contributed by atoms with E-state index in [4.69, 9.17) is 0 Å². The van der Waals surface area contributed by atoms with Crippen LogP contribution in [-0.2, 0) is 11.3 Å². The lowest BCUT2D eigenvalue weighted by atomic mass is 10.2. The minimum Gasteiger partial charge on any atom is -0.368 e. The van der Waals surface area contributed by atoms with Gasteiger partial charge in [-0.1, -0.05) is 11.8 Å². The van der Waals surface area contributed by atoms with Crippen LogP contribution in [0, 0.1) is 10.1 Å². The maximum absolute atomic E-state index is 12.7. The fourth-order valence-electron chi connectivity index (χ4n) is 3.53. The lowest BCUT2D eigenvalue weighted by molar-refractivity contribution is -0.384. The Bertz CT molecular complexity index is 1170. The molecule has 0 spiro atoms. The molecule has 1 aliphatic rings. The average molecular weight is 460 g/mol. The monoisotopic (exact) mass is 459 g/mol. The number of nitrogens with zero attached hydrogens (tertiary/aromatic N) is 5. The standard InChI is InChI=1S/C20H21N5O4S2/c1-2-24-19(27)18-16(7-12-30-18)21-20(24)31-13-17(26)23-10-8-22(9-11-23)14-3-5-15(6-4-14)25(28)29/h3-7,12H,2,8-11,13H2,1H3. The quantitative estimate of drug-likeness (QED) is 0.242. The number of aromatic nitrogens is 2. The Kier molecular flexibility index (Phi) is 6.23. The summed E-state index contributed by atoms with van der Waals surface area (Å²) in [6, 6.07) is 8.29. The van der Waals surface area contributed by atoms with Gasteiger partial charge in [0.15, 0.2) is 5.16 Å². The van der Waals surface area contributed by atoms with E-state index in [9.17, 15) is 19.7 Å². The topological polar surface area (TPSA) is 102 Å². The van der Waals surface area contributed by atoms with Crippen LogP contribution < -0.4 is 10.5 Å². The minimum atomic E-state index is -0.416. The van der Waals surface area contributed by atoms with Gasteiger partial charge in [0.05, 0.1) is 16.2 Å². The Balaban J connectivity index is 1.36. The van der Waals surface area contributed by atoms with Crippen LogP contribution in [0.1, 0.15) is 6.92 Å². The van der Waals surface area contributed by atoms with E-state index in [1.54, 1.807) is 16.7 Å². The molecule has 0 bridgehead atoms. The summed E-state index contributed by atoms with van der Waals surface area (Å²) in [5, 5.41) is 13.2. The molecule has 1 aliphatic heterocycles. The van der Waals surface area contributed by atoms with Gasteiger partial charge in [0.1, 0.15) is 4.70 Å². The lowest BCUT2D eigenvalue weighted by Gasteiger charge is -2.36. The van der Waals surface area contributed by atoms with Crippen molar-refractivity contribution in [2.75, 3.05) is 36.8 Å². The first kappa shape index (κ1) is 21.3. The molecule has 4 rings (SSSR count). The van der Waals surface area contributed by atoms with Crippen LogP contribution in [0.3, 0.4) is 0 Å². The molecule has 0 radical (unpaired) electrons. The maximum Gasteiger partial charge on any atom is 0.272 e. The van der Waals surface area contributed by atoms with Gasteiger partial charge in [-0.2, -0.15) is 0 Å². The summed E-state index contributed by atoms with van der Waals surface area (Å²) in [6.45, 7) is 4.87. The molecule has 11 heteroatoms. The summed E-state index contributed by atoms with van der Waals surface area (Å²) in [5.74, 6) is 0.232. The van der Waals surface area contributed by atoms with Gasteiger partial charge in [-0.15, -0.1) is 11.3 Å². The molecule has 9 nitrogen and oxygen atoms in total. The van der Waals surface area contributed by atoms with E-state index < -0.39 is 4.92 Å². The lowest BCUT2D eigenvalue weighted by Crippen LogP contribution is -2.49. The van der Waals surface area contributed by atoms with E-state index in [-0.39, 0.29) is 22.9 Å². The first-order chi connectivity index (χ1) is 15.0. The Morgan fingerprint density at radius 3 is 2.55 bits per heavy atom. The van der Waals surface area contributed by atoms with Gasteiger partial charge in [0.25, 0.3) is 11.2 Å². The van der Waals surface area contributed by atoms with Crippen molar-refractivity contribution in [2.45, 2.75) is 18.6 Å². The molecule has 1 fully saturated rings. The second-order valence-corrected chi connectivity index (χ2v) is 8.87. The van der Waals surface area contributed by atoms with Crippen LogP contribution in [0.4, 0.5) is 11.4 Å². The number of rotatable bonds is 6. The molecule has 0 aliphatic carbocycles. The van der Waals surface area contributed by atoms with Gasteiger partial charge in [0.2, 0.25) is 5.91 Å². The zero-order chi connectivity index (χ0) is 22.0. The van der Waals surface area contributed by atoms with Crippen LogP contribution in [0.25, 0.3) is 10.2 Å². The zero-order valence-electron chi connectivity index (χ0n) is 16.9. The molecular weight excluding hydrogens is 438 g/mol. The van der Waals surface area contributed by atoms with Crippen LogP contribution >= 0.6 is 23.1 Å². The van der Waals surface area contributed by atoms with Crippen LogP contribution in [0.5, 0.6) is 0 Å². The number of thioether (sulfide) groups is 1. The molecule has 0 unspecified atom stereocenters. The third-order valence-corrected chi connectivity index (χ3v) is 7.08. The number of carbonyl (C=O) groups is 1. The first-order valence-electron chi connectivity index (χ1n) is 9.86. The highest BCUT2D eigenvalue weighted by Gasteiger charge is 2.22. The number of nitro groups is 1. The Morgan fingerprint density at radius 2 is 1.90 bits per heavy atom. The molecule has 0 saturated carbocycles. The van der Waals surface area contributed by atoms with E-state index in [0.717, 1.165) is 5.69 Å². The summed E-state index contributed by atoms with van der Waals surface area (Å²) >= 11 is 2.68. The number of hydrogen-bond donors (Lipinski definition) is 0. The first-order valence-corrected chi connectivity index (χ1v) is 11.7. The number of fused-ring (bicyclic) bond motifs is 1. The molecule has 3 heterocycles. The summed E-state index contributed by atoms with van der Waals surface area (Å²) < 4.78 is 2.25. The summed E-state index contributed by atoms with van der Waals surface area (Å²) in [4.78, 5) is 44.2. The third-order valence-electron chi connectivity index (χ3n) is 5.23. The molecule has 0 atom stereocenters. The number of anilines is 1. The Hall–Kier alpha value is -2.92. The highest BCUT2D eigenvalue weighted by molar-refractivity contribution is 7.99. The number of hydrogen-bond acceptors (Lipinski definition) is 8. The molecule has 0 N–H and O–H groups in total. The summed E-state index contributed by atoms with van der Waals surface area (Å²) in [6.07, 6.45) is 0. The van der Waals surface area contributed by atoms with Crippen LogP contribution in [0.2, 0.25) is 0 Å². The molecule has 2 aromatic heterocycles. The predicted octanol–water partition coefficient (Wildman–Crippen LogP) is 2.83. The van der Waals surface area contributed by atoms with E-state index in [1.165, 1.54) is 35.2 Å². The second-order valence-electron chi connectivity index (χ2n) is 7.01.